The number of nitrogens with one attached hydrogen (secondary N) is 2. The normalized spacial score (nSPS) is 15.1. The molecule has 0 aromatic heterocycles. The van der Waals surface area contributed by atoms with Crippen LogP contribution in [0.1, 0.15) is 39.6 Å². The molecule has 3 aromatic rings. The first-order valence-electron chi connectivity index (χ1n) is 11.5. The Hall–Kier alpha value is -3.30. The van der Waals surface area contributed by atoms with Crippen LogP contribution in [0.25, 0.3) is 0 Å². The maximum atomic E-state index is 11.6. The summed E-state index contributed by atoms with van der Waals surface area (Å²) in [5.41, 5.74) is 3.34. The van der Waals surface area contributed by atoms with E-state index in [0.717, 1.165) is 30.4 Å². The fourth-order valence-corrected chi connectivity index (χ4v) is 4.44. The number of aliphatic hydroxyl groups excluding tert-OH is 1. The van der Waals surface area contributed by atoms with E-state index in [1.165, 1.54) is 30.9 Å². The lowest BCUT2D eigenvalue weighted by Gasteiger charge is -2.27. The molecule has 0 spiro atoms. The van der Waals surface area contributed by atoms with Crippen molar-refractivity contribution in [1.29, 1.82) is 0 Å². The largest absolute Gasteiger partial charge is 0.478 e. The number of hydrogen-bond acceptors (Lipinski definition) is 6. The van der Waals surface area contributed by atoms with Crippen LogP contribution in [0.4, 0.5) is 10.5 Å². The van der Waals surface area contributed by atoms with E-state index < -0.39 is 18.2 Å². The van der Waals surface area contributed by atoms with Gasteiger partial charge in [0.2, 0.25) is 0 Å². The number of carboxylic acid groups (broad SMARTS) is 1. The molecule has 4 N–H and O–H groups in total. The number of fused-ring (bicyclic) bond motifs is 1. The second-order valence-electron chi connectivity index (χ2n) is 8.62. The number of anilines is 1. The molecule has 0 heterocycles. The van der Waals surface area contributed by atoms with E-state index in [-0.39, 0.29) is 35.4 Å². The van der Waals surface area contributed by atoms with Crippen molar-refractivity contribution in [1.82, 2.24) is 5.32 Å². The number of aromatic carboxylic acids is 1. The minimum atomic E-state index is -1.15. The average molecular weight is 547 g/mol. The highest BCUT2D eigenvalue weighted by Gasteiger charge is 2.20. The molecule has 196 valence electrons. The molecule has 0 bridgehead atoms. The van der Waals surface area contributed by atoms with Gasteiger partial charge >= 0.3 is 12.1 Å². The predicted octanol–water partition coefficient (Wildman–Crippen LogP) is 5.61. The van der Waals surface area contributed by atoms with Crippen molar-refractivity contribution < 1.29 is 29.3 Å². The van der Waals surface area contributed by atoms with Crippen LogP contribution in [0.5, 0.6) is 11.5 Å². The first-order chi connectivity index (χ1) is 17.3. The van der Waals surface area contributed by atoms with Gasteiger partial charge in [-0.05, 0) is 72.4 Å². The van der Waals surface area contributed by atoms with Crippen molar-refractivity contribution in [2.75, 3.05) is 19.0 Å². The van der Waals surface area contributed by atoms with Gasteiger partial charge < -0.3 is 25.0 Å². The molecular formula is C27H28Cl2N2O6. The highest BCUT2D eigenvalue weighted by Crippen LogP contribution is 2.31. The Kier molecular flexibility index (Phi) is 9.77. The quantitative estimate of drug-likeness (QED) is 0.290. The highest BCUT2D eigenvalue weighted by atomic mass is 35.5. The third-order valence-electron chi connectivity index (χ3n) is 6.06. The summed E-state index contributed by atoms with van der Waals surface area (Å²) in [5.74, 6) is -0.316. The summed E-state index contributed by atoms with van der Waals surface area (Å²) in [6.07, 6.45) is 1.23. The van der Waals surface area contributed by atoms with E-state index in [2.05, 4.69) is 15.4 Å². The second-order valence-corrected chi connectivity index (χ2v) is 9.06. The van der Waals surface area contributed by atoms with Crippen LogP contribution in [0.2, 0.25) is 5.02 Å². The van der Waals surface area contributed by atoms with E-state index in [0.29, 0.717) is 17.3 Å². The molecule has 0 aliphatic heterocycles. The molecule has 0 fully saturated rings. The van der Waals surface area contributed by atoms with E-state index in [1.807, 2.05) is 30.3 Å². The summed E-state index contributed by atoms with van der Waals surface area (Å²) < 4.78 is 10.5. The number of carboxylic acids is 1. The zero-order valence-electron chi connectivity index (χ0n) is 20.1. The fourth-order valence-electron chi connectivity index (χ4n) is 4.24. The first kappa shape index (κ1) is 28.3. The molecule has 0 saturated heterocycles. The molecule has 3 aromatic carbocycles. The molecule has 1 amide bonds. The number of benzene rings is 3. The smallest absolute Gasteiger partial charge is 0.411 e. The van der Waals surface area contributed by atoms with E-state index in [9.17, 15) is 19.8 Å². The van der Waals surface area contributed by atoms with E-state index in [1.54, 1.807) is 12.1 Å². The van der Waals surface area contributed by atoms with Gasteiger partial charge in [-0.25, -0.2) is 9.59 Å². The highest BCUT2D eigenvalue weighted by molar-refractivity contribution is 6.30. The van der Waals surface area contributed by atoms with Gasteiger partial charge in [-0.2, -0.15) is 0 Å². The van der Waals surface area contributed by atoms with Gasteiger partial charge in [0.05, 0.1) is 18.8 Å². The van der Waals surface area contributed by atoms with Crippen LogP contribution < -0.4 is 15.4 Å². The summed E-state index contributed by atoms with van der Waals surface area (Å²) in [7, 11) is 1.22. The second kappa shape index (κ2) is 12.8. The molecule has 2 atom stereocenters. The molecule has 0 unspecified atom stereocenters. The summed E-state index contributed by atoms with van der Waals surface area (Å²) in [4.78, 5) is 23.1. The number of methoxy groups -OCH3 is 1. The third-order valence-corrected chi connectivity index (χ3v) is 6.30. The number of aliphatic hydroxyl groups is 1. The number of ether oxygens (including phenoxy) is 2. The van der Waals surface area contributed by atoms with Gasteiger partial charge in [-0.15, -0.1) is 12.4 Å². The van der Waals surface area contributed by atoms with Crippen LogP contribution in [0.15, 0.2) is 60.7 Å². The van der Waals surface area contributed by atoms with Crippen LogP contribution >= 0.6 is 24.0 Å². The fraction of sp³-hybridized carbons (Fsp3) is 0.259. The maximum absolute atomic E-state index is 11.6. The summed E-state index contributed by atoms with van der Waals surface area (Å²) in [5, 5.41) is 26.4. The van der Waals surface area contributed by atoms with Crippen LogP contribution in [0.3, 0.4) is 0 Å². The Morgan fingerprint density at radius 3 is 2.62 bits per heavy atom. The number of hydrogen-bond donors (Lipinski definition) is 4. The minimum absolute atomic E-state index is 0. The topological polar surface area (TPSA) is 117 Å². The standard InChI is InChI=1S/C27H27ClN2O6.ClH/c1-35-27(34)30-22-11-19(26(32)33)13-24(14-22)36-23-8-6-16-5-7-21(10-18(16)12-23)29-15-25(31)17-3-2-4-20(28)9-17;/h2-4,6,8-9,11-14,21,25,29,31H,5,7,10,15H2,1H3,(H,30,34)(H,32,33);1H/t21-,25-;/m0./s1. The number of carbonyl (C=O) groups is 2. The number of aryl methyl sites for hydroxylation is 1. The number of halogens is 2. The Morgan fingerprint density at radius 2 is 1.89 bits per heavy atom. The van der Waals surface area contributed by atoms with Gasteiger partial charge in [0.25, 0.3) is 0 Å². The number of amides is 1. The van der Waals surface area contributed by atoms with Gasteiger partial charge in [0.15, 0.2) is 0 Å². The van der Waals surface area contributed by atoms with Gasteiger partial charge in [-0.3, -0.25) is 5.32 Å². The van der Waals surface area contributed by atoms with Crippen molar-refractivity contribution in [2.24, 2.45) is 0 Å². The van der Waals surface area contributed by atoms with Crippen molar-refractivity contribution in [3.8, 4) is 11.5 Å². The SMILES string of the molecule is COC(=O)Nc1cc(Oc2ccc3c(c2)C[C@@H](NC[C@H](O)c2cccc(Cl)c2)CC3)cc(C(=O)O)c1.Cl. The molecule has 1 aliphatic carbocycles. The zero-order chi connectivity index (χ0) is 25.7. The molecule has 0 radical (unpaired) electrons. The van der Waals surface area contributed by atoms with E-state index >= 15 is 0 Å². The first-order valence-corrected chi connectivity index (χ1v) is 11.9. The zero-order valence-corrected chi connectivity index (χ0v) is 21.6. The lowest BCUT2D eigenvalue weighted by molar-refractivity contribution is 0.0696. The predicted molar refractivity (Wildman–Crippen MR) is 143 cm³/mol. The Bertz CT molecular complexity index is 1270. The number of carbonyl (C=O) groups excluding carboxylic acids is 1. The summed E-state index contributed by atoms with van der Waals surface area (Å²) >= 11 is 6.03. The molecule has 1 aliphatic rings. The van der Waals surface area contributed by atoms with Gasteiger partial charge in [-0.1, -0.05) is 29.8 Å². The van der Waals surface area contributed by atoms with Crippen molar-refractivity contribution in [3.05, 3.63) is 87.9 Å². The van der Waals surface area contributed by atoms with E-state index in [4.69, 9.17) is 16.3 Å². The van der Waals surface area contributed by atoms with Crippen LogP contribution in [-0.2, 0) is 17.6 Å². The van der Waals surface area contributed by atoms with Gasteiger partial charge in [0.1, 0.15) is 11.5 Å². The van der Waals surface area contributed by atoms with Crippen molar-refractivity contribution in [2.45, 2.75) is 31.4 Å². The van der Waals surface area contributed by atoms with Crippen LogP contribution in [0, 0.1) is 0 Å². The van der Waals surface area contributed by atoms with Crippen LogP contribution in [-0.4, -0.2) is 42.0 Å². The third kappa shape index (κ3) is 7.60. The Labute approximate surface area is 226 Å². The van der Waals surface area contributed by atoms with Crippen molar-refractivity contribution in [3.63, 3.8) is 0 Å². The molecule has 10 heteroatoms. The van der Waals surface area contributed by atoms with Crippen molar-refractivity contribution >= 4 is 41.8 Å². The maximum Gasteiger partial charge on any atom is 0.411 e. The molecule has 4 rings (SSSR count). The summed E-state index contributed by atoms with van der Waals surface area (Å²) in [6, 6.07) is 17.4. The van der Waals surface area contributed by atoms with Gasteiger partial charge in [0, 0.05) is 29.4 Å². The average Bonchev–Trinajstić information content (AvgIpc) is 2.86. The lowest BCUT2D eigenvalue weighted by atomic mass is 9.88. The minimum Gasteiger partial charge on any atom is -0.478 e. The monoisotopic (exact) mass is 546 g/mol. The molecule has 8 nitrogen and oxygen atoms in total. The lowest BCUT2D eigenvalue weighted by Crippen LogP contribution is -2.37. The Balaban J connectivity index is 0.00000380. The molecule has 0 saturated carbocycles. The summed E-state index contributed by atoms with van der Waals surface area (Å²) in [6.45, 7) is 0.411. The Morgan fingerprint density at radius 1 is 1.08 bits per heavy atom. The molecule has 37 heavy (non-hydrogen) atoms. The number of rotatable bonds is 8. The molecular weight excluding hydrogens is 519 g/mol.